The zero-order valence-corrected chi connectivity index (χ0v) is 8.69. The van der Waals surface area contributed by atoms with Gasteiger partial charge < -0.3 is 0 Å². The predicted octanol–water partition coefficient (Wildman–Crippen LogP) is 2.98. The summed E-state index contributed by atoms with van der Waals surface area (Å²) in [7, 11) is 0. The van der Waals surface area contributed by atoms with Gasteiger partial charge in [0.25, 0.3) is 0 Å². The lowest BCUT2D eigenvalue weighted by Crippen LogP contribution is -1.73. The standard InChI is InChI=1S/2C4H7NS/c2*5-4-2-1-3-6-4/h2*5H,1-3H2. The molecule has 2 rings (SSSR count). The molecule has 68 valence electrons. The fraction of sp³-hybridized carbons (Fsp3) is 0.750. The minimum atomic E-state index is 0.870. The van der Waals surface area contributed by atoms with E-state index in [0.717, 1.165) is 22.9 Å². The second-order valence-electron chi connectivity index (χ2n) is 2.75. The summed E-state index contributed by atoms with van der Waals surface area (Å²) in [5.41, 5.74) is 0. The number of hydrogen-bond donors (Lipinski definition) is 2. The maximum Gasteiger partial charge on any atom is 0.0641 e. The molecule has 0 bridgehead atoms. The summed E-state index contributed by atoms with van der Waals surface area (Å²) >= 11 is 3.36. The summed E-state index contributed by atoms with van der Waals surface area (Å²) in [5, 5.41) is 15.8. The fourth-order valence-electron chi connectivity index (χ4n) is 1.00. The summed E-state index contributed by atoms with van der Waals surface area (Å²) in [4.78, 5) is 0. The van der Waals surface area contributed by atoms with E-state index in [9.17, 15) is 0 Å². The average Bonchev–Trinajstić information content (AvgIpc) is 2.63. The van der Waals surface area contributed by atoms with Crippen molar-refractivity contribution in [3.8, 4) is 0 Å². The average molecular weight is 202 g/mol. The van der Waals surface area contributed by atoms with Crippen LogP contribution in [0.1, 0.15) is 25.7 Å². The molecule has 0 aromatic heterocycles. The highest BCUT2D eigenvalue weighted by atomic mass is 32.2. The van der Waals surface area contributed by atoms with Crippen LogP contribution in [0.15, 0.2) is 0 Å². The fourth-order valence-corrected chi connectivity index (χ4v) is 2.65. The molecule has 2 heterocycles. The van der Waals surface area contributed by atoms with Gasteiger partial charge in [-0.25, -0.2) is 0 Å². The first-order chi connectivity index (χ1) is 5.79. The molecule has 0 aromatic rings. The van der Waals surface area contributed by atoms with Crippen LogP contribution < -0.4 is 0 Å². The van der Waals surface area contributed by atoms with Crippen molar-refractivity contribution >= 4 is 33.6 Å². The van der Waals surface area contributed by atoms with Crippen molar-refractivity contribution in [2.75, 3.05) is 11.5 Å². The highest BCUT2D eigenvalue weighted by molar-refractivity contribution is 8.14. The number of thioether (sulfide) groups is 2. The Morgan fingerprint density at radius 1 is 0.833 bits per heavy atom. The molecule has 4 heteroatoms. The summed E-state index contributed by atoms with van der Waals surface area (Å²) in [5.74, 6) is 2.36. The smallest absolute Gasteiger partial charge is 0.0641 e. The van der Waals surface area contributed by atoms with E-state index in [1.807, 2.05) is 0 Å². The minimum absolute atomic E-state index is 0.870. The molecule has 0 spiro atoms. The van der Waals surface area contributed by atoms with Crippen molar-refractivity contribution in [2.45, 2.75) is 25.7 Å². The monoisotopic (exact) mass is 202 g/mol. The Bertz CT molecular complexity index is 144. The summed E-state index contributed by atoms with van der Waals surface area (Å²) in [6.07, 6.45) is 4.52. The summed E-state index contributed by atoms with van der Waals surface area (Å²) in [6, 6.07) is 0. The third-order valence-electron chi connectivity index (χ3n) is 1.65. The highest BCUT2D eigenvalue weighted by Gasteiger charge is 2.04. The Hall–Kier alpha value is 0.0400. The van der Waals surface area contributed by atoms with Crippen LogP contribution in [0, 0.1) is 10.8 Å². The quantitative estimate of drug-likeness (QED) is 0.634. The first-order valence-electron chi connectivity index (χ1n) is 4.19. The van der Waals surface area contributed by atoms with Gasteiger partial charge in [-0.3, -0.25) is 10.8 Å². The Morgan fingerprint density at radius 3 is 1.33 bits per heavy atom. The van der Waals surface area contributed by atoms with Crippen LogP contribution >= 0.6 is 23.5 Å². The first kappa shape index (κ1) is 10.1. The van der Waals surface area contributed by atoms with Crippen LogP contribution in [-0.4, -0.2) is 21.6 Å². The summed E-state index contributed by atoms with van der Waals surface area (Å²) in [6.45, 7) is 0. The van der Waals surface area contributed by atoms with Gasteiger partial charge in [0, 0.05) is 0 Å². The van der Waals surface area contributed by atoms with Crippen LogP contribution in [-0.2, 0) is 0 Å². The van der Waals surface area contributed by atoms with Gasteiger partial charge >= 0.3 is 0 Å². The van der Waals surface area contributed by atoms with Crippen LogP contribution in [0.4, 0.5) is 0 Å². The van der Waals surface area contributed by atoms with Crippen LogP contribution in [0.5, 0.6) is 0 Å². The van der Waals surface area contributed by atoms with Gasteiger partial charge in [0.1, 0.15) is 0 Å². The van der Waals surface area contributed by atoms with Gasteiger partial charge in [-0.1, -0.05) is 0 Å². The number of hydrogen-bond acceptors (Lipinski definition) is 4. The Kier molecular flexibility index (Phi) is 4.76. The molecule has 0 amide bonds. The lowest BCUT2D eigenvalue weighted by molar-refractivity contribution is 1.04. The largest absolute Gasteiger partial charge is 0.298 e. The van der Waals surface area contributed by atoms with E-state index in [0.29, 0.717) is 0 Å². The zero-order valence-electron chi connectivity index (χ0n) is 7.06. The summed E-state index contributed by atoms with van der Waals surface area (Å²) < 4.78 is 0. The molecule has 2 saturated heterocycles. The van der Waals surface area contributed by atoms with Crippen LogP contribution in [0.3, 0.4) is 0 Å². The van der Waals surface area contributed by atoms with Crippen LogP contribution in [0.2, 0.25) is 0 Å². The van der Waals surface area contributed by atoms with E-state index in [1.165, 1.54) is 24.3 Å². The van der Waals surface area contributed by atoms with Gasteiger partial charge in [-0.15, -0.1) is 23.5 Å². The van der Waals surface area contributed by atoms with Crippen molar-refractivity contribution in [1.82, 2.24) is 0 Å². The van der Waals surface area contributed by atoms with Gasteiger partial charge in [0.05, 0.1) is 10.1 Å². The molecule has 2 fully saturated rings. The third kappa shape index (κ3) is 4.16. The molecule has 12 heavy (non-hydrogen) atoms. The lowest BCUT2D eigenvalue weighted by Gasteiger charge is -1.77. The lowest BCUT2D eigenvalue weighted by atomic mass is 10.4. The molecule has 2 N–H and O–H groups in total. The molecule has 2 aliphatic rings. The van der Waals surface area contributed by atoms with E-state index in [-0.39, 0.29) is 0 Å². The maximum absolute atomic E-state index is 7.01. The SMILES string of the molecule is N=C1CCCS1.N=C1CCCS1. The molecule has 0 aromatic carbocycles. The van der Waals surface area contributed by atoms with E-state index in [4.69, 9.17) is 10.8 Å². The molecular formula is C8H14N2S2. The second kappa shape index (κ2) is 5.65. The number of rotatable bonds is 0. The van der Waals surface area contributed by atoms with Gasteiger partial charge in [0.2, 0.25) is 0 Å². The Morgan fingerprint density at radius 2 is 1.25 bits per heavy atom. The first-order valence-corrected chi connectivity index (χ1v) is 6.16. The molecular weight excluding hydrogens is 188 g/mol. The Labute approximate surface area is 81.9 Å². The van der Waals surface area contributed by atoms with Crippen molar-refractivity contribution in [3.63, 3.8) is 0 Å². The van der Waals surface area contributed by atoms with E-state index >= 15 is 0 Å². The normalized spacial score (nSPS) is 22.3. The zero-order chi connectivity index (χ0) is 8.81. The molecule has 2 aliphatic heterocycles. The second-order valence-corrected chi connectivity index (χ2v) is 5.13. The van der Waals surface area contributed by atoms with E-state index in [2.05, 4.69) is 0 Å². The van der Waals surface area contributed by atoms with Crippen molar-refractivity contribution < 1.29 is 0 Å². The Balaban J connectivity index is 0.000000120. The highest BCUT2D eigenvalue weighted by Crippen LogP contribution is 2.18. The molecule has 0 saturated carbocycles. The van der Waals surface area contributed by atoms with E-state index in [1.54, 1.807) is 23.5 Å². The van der Waals surface area contributed by atoms with Crippen molar-refractivity contribution in [2.24, 2.45) is 0 Å². The molecule has 0 aliphatic carbocycles. The van der Waals surface area contributed by atoms with Gasteiger partial charge in [0.15, 0.2) is 0 Å². The number of nitrogens with one attached hydrogen (secondary N) is 2. The molecule has 0 radical (unpaired) electrons. The van der Waals surface area contributed by atoms with Gasteiger partial charge in [-0.2, -0.15) is 0 Å². The van der Waals surface area contributed by atoms with E-state index < -0.39 is 0 Å². The van der Waals surface area contributed by atoms with Gasteiger partial charge in [-0.05, 0) is 37.2 Å². The topological polar surface area (TPSA) is 47.7 Å². The van der Waals surface area contributed by atoms with Crippen molar-refractivity contribution in [3.05, 3.63) is 0 Å². The van der Waals surface area contributed by atoms with Crippen molar-refractivity contribution in [1.29, 1.82) is 10.8 Å². The molecule has 0 atom stereocenters. The molecule has 0 unspecified atom stereocenters. The minimum Gasteiger partial charge on any atom is -0.298 e. The predicted molar refractivity (Wildman–Crippen MR) is 58.8 cm³/mol. The molecule has 2 nitrogen and oxygen atoms in total. The maximum atomic E-state index is 7.01. The van der Waals surface area contributed by atoms with Crippen LogP contribution in [0.25, 0.3) is 0 Å². The third-order valence-corrected chi connectivity index (χ3v) is 3.74.